The van der Waals surface area contributed by atoms with Gasteiger partial charge in [-0.25, -0.2) is 4.39 Å². The maximum absolute atomic E-state index is 13.4. The average molecular weight is 207 g/mol. The Morgan fingerprint density at radius 1 is 1.40 bits per heavy atom. The molecule has 1 fully saturated rings. The van der Waals surface area contributed by atoms with Crippen molar-refractivity contribution in [2.24, 2.45) is 0 Å². The lowest BCUT2D eigenvalue weighted by Gasteiger charge is -2.30. The fraction of sp³-hybridized carbons (Fsp3) is 0.538. The Labute approximate surface area is 90.7 Å². The molecule has 1 saturated carbocycles. The lowest BCUT2D eigenvalue weighted by molar-refractivity contribution is 0.309. The molecule has 1 atom stereocenters. The standard InChI is InChI=1S/C13H18FN/c1-10(15-12-6-4-7-12)9-11-5-2-3-8-13(11)14/h2-3,5,8,10,12,15H,4,6-7,9H2,1H3. The molecule has 1 nitrogen and oxygen atoms in total. The van der Waals surface area contributed by atoms with Gasteiger partial charge in [0.25, 0.3) is 0 Å². The Kier molecular flexibility index (Phi) is 3.37. The highest BCUT2D eigenvalue weighted by Crippen LogP contribution is 2.19. The molecule has 0 spiro atoms. The topological polar surface area (TPSA) is 12.0 Å². The predicted octanol–water partition coefficient (Wildman–Crippen LogP) is 2.90. The van der Waals surface area contributed by atoms with Crippen molar-refractivity contribution >= 4 is 0 Å². The van der Waals surface area contributed by atoms with Gasteiger partial charge in [0.05, 0.1) is 0 Å². The van der Waals surface area contributed by atoms with Crippen LogP contribution in [0.15, 0.2) is 24.3 Å². The van der Waals surface area contributed by atoms with Gasteiger partial charge in [-0.3, -0.25) is 0 Å². The van der Waals surface area contributed by atoms with Crippen molar-refractivity contribution in [3.63, 3.8) is 0 Å². The SMILES string of the molecule is CC(Cc1ccccc1F)NC1CCC1. The van der Waals surface area contributed by atoms with Gasteiger partial charge in [-0.15, -0.1) is 0 Å². The van der Waals surface area contributed by atoms with Crippen LogP contribution in [-0.2, 0) is 6.42 Å². The molecule has 2 heteroatoms. The van der Waals surface area contributed by atoms with Crippen molar-refractivity contribution in [2.75, 3.05) is 0 Å². The highest BCUT2D eigenvalue weighted by molar-refractivity contribution is 5.18. The van der Waals surface area contributed by atoms with E-state index in [1.54, 1.807) is 6.07 Å². The molecular formula is C13H18FN. The van der Waals surface area contributed by atoms with Crippen LogP contribution in [0.25, 0.3) is 0 Å². The molecule has 1 N–H and O–H groups in total. The van der Waals surface area contributed by atoms with E-state index in [1.807, 2.05) is 12.1 Å². The summed E-state index contributed by atoms with van der Waals surface area (Å²) in [4.78, 5) is 0. The van der Waals surface area contributed by atoms with Gasteiger partial charge in [-0.2, -0.15) is 0 Å². The molecular weight excluding hydrogens is 189 g/mol. The first-order chi connectivity index (χ1) is 7.25. The van der Waals surface area contributed by atoms with Gasteiger partial charge in [0, 0.05) is 12.1 Å². The smallest absolute Gasteiger partial charge is 0.126 e. The maximum atomic E-state index is 13.4. The zero-order valence-electron chi connectivity index (χ0n) is 9.17. The number of halogens is 1. The minimum absolute atomic E-state index is 0.0836. The van der Waals surface area contributed by atoms with Gasteiger partial charge >= 0.3 is 0 Å². The van der Waals surface area contributed by atoms with Crippen LogP contribution in [0.1, 0.15) is 31.7 Å². The van der Waals surface area contributed by atoms with Crippen molar-refractivity contribution < 1.29 is 4.39 Å². The lowest BCUT2D eigenvalue weighted by atomic mass is 9.92. The van der Waals surface area contributed by atoms with Gasteiger partial charge in [0.2, 0.25) is 0 Å². The minimum Gasteiger partial charge on any atom is -0.311 e. The van der Waals surface area contributed by atoms with Crippen LogP contribution in [0.2, 0.25) is 0 Å². The van der Waals surface area contributed by atoms with Gasteiger partial charge in [-0.1, -0.05) is 24.6 Å². The van der Waals surface area contributed by atoms with E-state index in [9.17, 15) is 4.39 Å². The van der Waals surface area contributed by atoms with Gasteiger partial charge < -0.3 is 5.32 Å². The molecule has 0 heterocycles. The maximum Gasteiger partial charge on any atom is 0.126 e. The van der Waals surface area contributed by atoms with E-state index >= 15 is 0 Å². The van der Waals surface area contributed by atoms with Crippen LogP contribution >= 0.6 is 0 Å². The Hall–Kier alpha value is -0.890. The number of rotatable bonds is 4. The molecule has 0 radical (unpaired) electrons. The van der Waals surface area contributed by atoms with Crippen LogP contribution in [0, 0.1) is 5.82 Å². The molecule has 82 valence electrons. The summed E-state index contributed by atoms with van der Waals surface area (Å²) in [5.74, 6) is -0.0836. The van der Waals surface area contributed by atoms with Crippen LogP contribution in [0.4, 0.5) is 4.39 Å². The normalized spacial score (nSPS) is 18.5. The lowest BCUT2D eigenvalue weighted by Crippen LogP contribution is -2.41. The predicted molar refractivity (Wildman–Crippen MR) is 60.3 cm³/mol. The molecule has 1 aromatic carbocycles. The molecule has 1 aliphatic carbocycles. The summed E-state index contributed by atoms with van der Waals surface area (Å²) in [6.45, 7) is 2.13. The summed E-state index contributed by atoms with van der Waals surface area (Å²) in [7, 11) is 0. The van der Waals surface area contributed by atoms with E-state index in [0.29, 0.717) is 12.1 Å². The van der Waals surface area contributed by atoms with Crippen LogP contribution in [0.5, 0.6) is 0 Å². The molecule has 1 aliphatic rings. The summed E-state index contributed by atoms with van der Waals surface area (Å²) in [6.07, 6.45) is 4.68. The minimum atomic E-state index is -0.0836. The van der Waals surface area contributed by atoms with Crippen molar-refractivity contribution in [3.05, 3.63) is 35.6 Å². The van der Waals surface area contributed by atoms with E-state index in [2.05, 4.69) is 12.2 Å². The first-order valence-electron chi connectivity index (χ1n) is 5.75. The quantitative estimate of drug-likeness (QED) is 0.800. The van der Waals surface area contributed by atoms with Crippen molar-refractivity contribution in [1.82, 2.24) is 5.32 Å². The van der Waals surface area contributed by atoms with Gasteiger partial charge in [0.15, 0.2) is 0 Å². The second kappa shape index (κ2) is 4.75. The largest absolute Gasteiger partial charge is 0.311 e. The summed E-state index contributed by atoms with van der Waals surface area (Å²) in [5, 5.41) is 3.53. The first-order valence-corrected chi connectivity index (χ1v) is 5.75. The van der Waals surface area contributed by atoms with E-state index in [1.165, 1.54) is 25.3 Å². The van der Waals surface area contributed by atoms with E-state index < -0.39 is 0 Å². The highest BCUT2D eigenvalue weighted by atomic mass is 19.1. The summed E-state index contributed by atoms with van der Waals surface area (Å²) < 4.78 is 13.4. The fourth-order valence-electron chi connectivity index (χ4n) is 2.03. The summed E-state index contributed by atoms with van der Waals surface area (Å²) >= 11 is 0. The first kappa shape index (κ1) is 10.6. The van der Waals surface area contributed by atoms with E-state index in [-0.39, 0.29) is 5.82 Å². The monoisotopic (exact) mass is 207 g/mol. The summed E-state index contributed by atoms with van der Waals surface area (Å²) in [5.41, 5.74) is 0.817. The molecule has 2 rings (SSSR count). The Morgan fingerprint density at radius 3 is 2.73 bits per heavy atom. The number of hydrogen-bond acceptors (Lipinski definition) is 1. The van der Waals surface area contributed by atoms with Crippen molar-refractivity contribution in [1.29, 1.82) is 0 Å². The van der Waals surface area contributed by atoms with Crippen LogP contribution < -0.4 is 5.32 Å². The zero-order valence-corrected chi connectivity index (χ0v) is 9.17. The third-order valence-corrected chi connectivity index (χ3v) is 3.11. The Bertz CT molecular complexity index is 320. The van der Waals surface area contributed by atoms with Crippen molar-refractivity contribution in [2.45, 2.75) is 44.7 Å². The van der Waals surface area contributed by atoms with Gasteiger partial charge in [0.1, 0.15) is 5.82 Å². The summed E-state index contributed by atoms with van der Waals surface area (Å²) in [6, 6.07) is 8.08. The molecule has 0 bridgehead atoms. The van der Waals surface area contributed by atoms with E-state index in [0.717, 1.165) is 12.0 Å². The second-order valence-electron chi connectivity index (χ2n) is 4.49. The zero-order chi connectivity index (χ0) is 10.7. The second-order valence-corrected chi connectivity index (χ2v) is 4.49. The number of hydrogen-bond donors (Lipinski definition) is 1. The molecule has 0 saturated heterocycles. The molecule has 0 amide bonds. The average Bonchev–Trinajstić information content (AvgIpc) is 2.16. The number of benzene rings is 1. The Morgan fingerprint density at radius 2 is 2.13 bits per heavy atom. The molecule has 0 aliphatic heterocycles. The Balaban J connectivity index is 1.87. The number of nitrogens with one attached hydrogen (secondary N) is 1. The van der Waals surface area contributed by atoms with E-state index in [4.69, 9.17) is 0 Å². The third kappa shape index (κ3) is 2.78. The van der Waals surface area contributed by atoms with Crippen LogP contribution in [0.3, 0.4) is 0 Å². The van der Waals surface area contributed by atoms with Crippen LogP contribution in [-0.4, -0.2) is 12.1 Å². The molecule has 0 aromatic heterocycles. The highest BCUT2D eigenvalue weighted by Gasteiger charge is 2.19. The third-order valence-electron chi connectivity index (χ3n) is 3.11. The fourth-order valence-corrected chi connectivity index (χ4v) is 2.03. The molecule has 15 heavy (non-hydrogen) atoms. The molecule has 1 aromatic rings. The molecule has 1 unspecified atom stereocenters. The van der Waals surface area contributed by atoms with Gasteiger partial charge in [-0.05, 0) is 37.8 Å². The van der Waals surface area contributed by atoms with Crippen molar-refractivity contribution in [3.8, 4) is 0 Å².